The minimum absolute atomic E-state index is 0.0444. The maximum atomic E-state index is 13.0. The summed E-state index contributed by atoms with van der Waals surface area (Å²) in [5.74, 6) is 1.71. The molecule has 1 aromatic rings. The zero-order valence-corrected chi connectivity index (χ0v) is 19.1. The molecule has 1 amide bonds. The van der Waals surface area contributed by atoms with Gasteiger partial charge in [0.2, 0.25) is 5.91 Å². The lowest BCUT2D eigenvalue weighted by Crippen LogP contribution is -2.56. The first-order chi connectivity index (χ1) is 15.0. The Balaban J connectivity index is 1.60. The zero-order chi connectivity index (χ0) is 21.8. The number of likely N-dealkylation sites (tertiary alicyclic amines) is 1. The second-order valence-corrected chi connectivity index (χ2v) is 9.63. The van der Waals surface area contributed by atoms with Crippen LogP contribution in [-0.4, -0.2) is 54.9 Å². The number of methoxy groups -OCH3 is 2. The third-order valence-corrected chi connectivity index (χ3v) is 7.75. The smallest absolute Gasteiger partial charge is 0.234 e. The summed E-state index contributed by atoms with van der Waals surface area (Å²) in [6.07, 6.45) is 10.6. The van der Waals surface area contributed by atoms with E-state index in [0.29, 0.717) is 19.1 Å². The van der Waals surface area contributed by atoms with Gasteiger partial charge in [-0.3, -0.25) is 9.69 Å². The number of piperidine rings is 1. The highest BCUT2D eigenvalue weighted by molar-refractivity contribution is 5.78. The number of aliphatic hydroxyl groups is 1. The lowest BCUT2D eigenvalue weighted by atomic mass is 9.66. The zero-order valence-electron chi connectivity index (χ0n) is 19.1. The van der Waals surface area contributed by atoms with Crippen molar-refractivity contribution in [2.24, 2.45) is 5.92 Å². The number of carbonyl (C=O) groups excluding carboxylic acids is 1. The number of rotatable bonds is 6. The first kappa shape index (κ1) is 22.4. The second-order valence-electron chi connectivity index (χ2n) is 9.63. The molecule has 31 heavy (non-hydrogen) atoms. The average Bonchev–Trinajstić information content (AvgIpc) is 2.79. The molecular weight excluding hydrogens is 392 g/mol. The molecule has 0 aromatic heterocycles. The van der Waals surface area contributed by atoms with Gasteiger partial charge in [-0.25, -0.2) is 0 Å². The number of benzene rings is 1. The van der Waals surface area contributed by atoms with Gasteiger partial charge in [-0.05, 0) is 38.2 Å². The van der Waals surface area contributed by atoms with Crippen molar-refractivity contribution in [1.82, 2.24) is 10.2 Å². The van der Waals surface area contributed by atoms with Gasteiger partial charge >= 0.3 is 0 Å². The van der Waals surface area contributed by atoms with Crippen LogP contribution < -0.4 is 14.8 Å². The van der Waals surface area contributed by atoms with Crippen LogP contribution in [0.3, 0.4) is 0 Å². The lowest BCUT2D eigenvalue weighted by Gasteiger charge is -2.52. The van der Waals surface area contributed by atoms with Crippen molar-refractivity contribution in [3.63, 3.8) is 0 Å². The third-order valence-electron chi connectivity index (χ3n) is 7.75. The summed E-state index contributed by atoms with van der Waals surface area (Å²) in [6.45, 7) is 1.08. The number of hydrogen-bond donors (Lipinski definition) is 2. The third kappa shape index (κ3) is 4.85. The maximum Gasteiger partial charge on any atom is 0.234 e. The number of nitrogens with zero attached hydrogens (tertiary/aromatic N) is 1. The van der Waals surface area contributed by atoms with Crippen molar-refractivity contribution >= 4 is 5.91 Å². The first-order valence-electron chi connectivity index (χ1n) is 12.0. The monoisotopic (exact) mass is 430 g/mol. The second kappa shape index (κ2) is 9.78. The summed E-state index contributed by atoms with van der Waals surface area (Å²) >= 11 is 0. The highest BCUT2D eigenvalue weighted by Crippen LogP contribution is 2.51. The van der Waals surface area contributed by atoms with E-state index in [4.69, 9.17) is 9.47 Å². The SMILES string of the molecule is COc1ccc([C@@H]2[C@@H]3CCCC[C@]3(O)CCN2CC(=O)NC2CCCCC2)c(OC)c1. The standard InChI is InChI=1S/C25H38N2O4/c1-30-19-11-12-20(22(16-19)31-2)24-21-10-6-7-13-25(21,29)14-15-27(24)17-23(28)26-18-8-4-3-5-9-18/h11-12,16,18,21,24,29H,3-10,13-15,17H2,1-2H3,(H,26,28)/t21-,24+,25-/m0/s1. The molecule has 6 nitrogen and oxygen atoms in total. The van der Waals surface area contributed by atoms with E-state index >= 15 is 0 Å². The summed E-state index contributed by atoms with van der Waals surface area (Å²) in [5, 5.41) is 14.8. The van der Waals surface area contributed by atoms with E-state index in [9.17, 15) is 9.90 Å². The number of ether oxygens (including phenoxy) is 2. The molecule has 1 heterocycles. The van der Waals surface area contributed by atoms with Gasteiger partial charge in [-0.2, -0.15) is 0 Å². The maximum absolute atomic E-state index is 13.0. The van der Waals surface area contributed by atoms with Crippen LogP contribution in [0.4, 0.5) is 0 Å². The molecule has 1 saturated heterocycles. The van der Waals surface area contributed by atoms with E-state index in [2.05, 4.69) is 16.3 Å². The molecule has 2 aliphatic carbocycles. The molecule has 3 fully saturated rings. The Morgan fingerprint density at radius 1 is 1.10 bits per heavy atom. The topological polar surface area (TPSA) is 71.0 Å². The van der Waals surface area contributed by atoms with Crippen LogP contribution in [0.5, 0.6) is 11.5 Å². The van der Waals surface area contributed by atoms with Crippen molar-refractivity contribution < 1.29 is 19.4 Å². The molecule has 1 aromatic carbocycles. The van der Waals surface area contributed by atoms with Crippen LogP contribution in [0, 0.1) is 5.92 Å². The van der Waals surface area contributed by atoms with Crippen molar-refractivity contribution in [3.05, 3.63) is 23.8 Å². The molecule has 3 aliphatic rings. The van der Waals surface area contributed by atoms with Gasteiger partial charge in [0.15, 0.2) is 0 Å². The molecule has 3 atom stereocenters. The molecule has 0 bridgehead atoms. The molecular formula is C25H38N2O4. The quantitative estimate of drug-likeness (QED) is 0.718. The fourth-order valence-corrected chi connectivity index (χ4v) is 6.10. The van der Waals surface area contributed by atoms with Crippen LogP contribution in [-0.2, 0) is 4.79 Å². The average molecular weight is 431 g/mol. The first-order valence-corrected chi connectivity index (χ1v) is 12.0. The van der Waals surface area contributed by atoms with Crippen molar-refractivity contribution in [1.29, 1.82) is 0 Å². The summed E-state index contributed by atoms with van der Waals surface area (Å²) in [6, 6.07) is 6.18. The number of amides is 1. The number of carbonyl (C=O) groups is 1. The fourth-order valence-electron chi connectivity index (χ4n) is 6.10. The van der Waals surface area contributed by atoms with E-state index in [0.717, 1.165) is 62.0 Å². The Labute approximate surface area is 186 Å². The highest BCUT2D eigenvalue weighted by atomic mass is 16.5. The van der Waals surface area contributed by atoms with Crippen molar-refractivity contribution in [2.45, 2.75) is 81.9 Å². The molecule has 2 saturated carbocycles. The normalized spacial score (nSPS) is 29.8. The Bertz CT molecular complexity index is 764. The largest absolute Gasteiger partial charge is 0.497 e. The van der Waals surface area contributed by atoms with E-state index in [-0.39, 0.29) is 17.9 Å². The van der Waals surface area contributed by atoms with Crippen LogP contribution in [0.25, 0.3) is 0 Å². The predicted molar refractivity (Wildman–Crippen MR) is 120 cm³/mol. The van der Waals surface area contributed by atoms with Gasteiger partial charge in [0.1, 0.15) is 11.5 Å². The molecule has 0 radical (unpaired) electrons. The fraction of sp³-hybridized carbons (Fsp3) is 0.720. The van der Waals surface area contributed by atoms with Gasteiger partial charge in [0.25, 0.3) is 0 Å². The van der Waals surface area contributed by atoms with Crippen molar-refractivity contribution in [2.75, 3.05) is 27.3 Å². The van der Waals surface area contributed by atoms with Gasteiger partial charge in [0, 0.05) is 36.2 Å². The number of nitrogens with one attached hydrogen (secondary N) is 1. The minimum Gasteiger partial charge on any atom is -0.497 e. The summed E-state index contributed by atoms with van der Waals surface area (Å²) in [5.41, 5.74) is 0.378. The highest BCUT2D eigenvalue weighted by Gasteiger charge is 2.49. The van der Waals surface area contributed by atoms with E-state index in [1.54, 1.807) is 14.2 Å². The van der Waals surface area contributed by atoms with Crippen LogP contribution >= 0.6 is 0 Å². The Hall–Kier alpha value is -1.79. The number of hydrogen-bond acceptors (Lipinski definition) is 5. The van der Waals surface area contributed by atoms with Crippen LogP contribution in [0.15, 0.2) is 18.2 Å². The van der Waals surface area contributed by atoms with Crippen LogP contribution in [0.2, 0.25) is 0 Å². The van der Waals surface area contributed by atoms with Gasteiger partial charge < -0.3 is 19.9 Å². The molecule has 1 aliphatic heterocycles. The van der Waals surface area contributed by atoms with E-state index in [1.165, 1.54) is 19.3 Å². The summed E-state index contributed by atoms with van der Waals surface area (Å²) < 4.78 is 11.1. The van der Waals surface area contributed by atoms with Gasteiger partial charge in [-0.15, -0.1) is 0 Å². The lowest BCUT2D eigenvalue weighted by molar-refractivity contribution is -0.138. The summed E-state index contributed by atoms with van der Waals surface area (Å²) in [4.78, 5) is 15.3. The molecule has 2 N–H and O–H groups in total. The molecule has 172 valence electrons. The molecule has 6 heteroatoms. The Morgan fingerprint density at radius 2 is 1.87 bits per heavy atom. The van der Waals surface area contributed by atoms with Gasteiger partial charge in [0.05, 0.1) is 26.4 Å². The van der Waals surface area contributed by atoms with Crippen molar-refractivity contribution in [3.8, 4) is 11.5 Å². The Morgan fingerprint density at radius 3 is 2.61 bits per heavy atom. The summed E-state index contributed by atoms with van der Waals surface area (Å²) in [7, 11) is 3.32. The van der Waals surface area contributed by atoms with Crippen LogP contribution in [0.1, 0.15) is 75.8 Å². The van der Waals surface area contributed by atoms with E-state index in [1.807, 2.05) is 12.1 Å². The predicted octanol–water partition coefficient (Wildman–Crippen LogP) is 3.82. The number of fused-ring (bicyclic) bond motifs is 1. The molecule has 0 unspecified atom stereocenters. The Kier molecular flexibility index (Phi) is 7.07. The van der Waals surface area contributed by atoms with E-state index < -0.39 is 5.60 Å². The van der Waals surface area contributed by atoms with Gasteiger partial charge in [-0.1, -0.05) is 38.2 Å². The minimum atomic E-state index is -0.662. The molecule has 0 spiro atoms. The molecule has 4 rings (SSSR count).